The smallest absolute Gasteiger partial charge is 0.238 e. The monoisotopic (exact) mass is 291 g/mol. The van der Waals surface area contributed by atoms with Crippen molar-refractivity contribution in [3.05, 3.63) is 18.2 Å². The van der Waals surface area contributed by atoms with Gasteiger partial charge in [-0.05, 0) is 44.4 Å². The maximum atomic E-state index is 12.3. The van der Waals surface area contributed by atoms with E-state index in [-0.39, 0.29) is 5.91 Å². The van der Waals surface area contributed by atoms with Gasteiger partial charge in [-0.2, -0.15) is 0 Å². The highest BCUT2D eigenvalue weighted by Crippen LogP contribution is 2.28. The maximum absolute atomic E-state index is 12.3. The Morgan fingerprint density at radius 2 is 2.24 bits per heavy atom. The summed E-state index contributed by atoms with van der Waals surface area (Å²) in [6, 6.07) is 6.21. The van der Waals surface area contributed by atoms with E-state index in [1.807, 2.05) is 0 Å². The number of amides is 1. The zero-order chi connectivity index (χ0) is 15.4. The van der Waals surface area contributed by atoms with E-state index in [1.54, 1.807) is 25.3 Å². The summed E-state index contributed by atoms with van der Waals surface area (Å²) in [6.07, 6.45) is 3.42. The van der Waals surface area contributed by atoms with Crippen molar-refractivity contribution in [2.75, 3.05) is 24.7 Å². The number of nitrogens with zero attached hydrogens (tertiary/aromatic N) is 1. The molecule has 116 valence electrons. The Labute approximate surface area is 126 Å². The van der Waals surface area contributed by atoms with E-state index < -0.39 is 0 Å². The molecule has 2 unspecified atom stereocenters. The van der Waals surface area contributed by atoms with Crippen LogP contribution in [0.15, 0.2) is 18.2 Å². The van der Waals surface area contributed by atoms with Crippen molar-refractivity contribution < 1.29 is 9.53 Å². The second kappa shape index (κ2) is 6.80. The number of hydrogen-bond acceptors (Lipinski definition) is 4. The van der Waals surface area contributed by atoms with Gasteiger partial charge in [-0.25, -0.2) is 0 Å². The van der Waals surface area contributed by atoms with Crippen LogP contribution in [-0.4, -0.2) is 36.5 Å². The van der Waals surface area contributed by atoms with Gasteiger partial charge in [0.15, 0.2) is 0 Å². The number of likely N-dealkylation sites (tertiary alicyclic amines) is 1. The average molecular weight is 291 g/mol. The van der Waals surface area contributed by atoms with Gasteiger partial charge < -0.3 is 15.8 Å². The van der Waals surface area contributed by atoms with Crippen LogP contribution in [0.4, 0.5) is 11.4 Å². The third-order valence-corrected chi connectivity index (χ3v) is 4.25. The van der Waals surface area contributed by atoms with Gasteiger partial charge in [0.1, 0.15) is 5.75 Å². The highest BCUT2D eigenvalue weighted by molar-refractivity contribution is 5.94. The fraction of sp³-hybridized carbons (Fsp3) is 0.562. The Balaban J connectivity index is 2.03. The predicted octanol–water partition coefficient (Wildman–Crippen LogP) is 2.48. The van der Waals surface area contributed by atoms with Crippen molar-refractivity contribution in [3.8, 4) is 5.75 Å². The number of benzene rings is 1. The van der Waals surface area contributed by atoms with Crippen molar-refractivity contribution in [1.82, 2.24) is 4.90 Å². The van der Waals surface area contributed by atoms with Crippen LogP contribution >= 0.6 is 0 Å². The number of rotatable bonds is 5. The molecule has 5 nitrogen and oxygen atoms in total. The van der Waals surface area contributed by atoms with E-state index in [0.717, 1.165) is 12.8 Å². The molecular formula is C16H25N3O2. The summed E-state index contributed by atoms with van der Waals surface area (Å²) in [6.45, 7) is 4.77. The van der Waals surface area contributed by atoms with Gasteiger partial charge >= 0.3 is 0 Å². The minimum absolute atomic E-state index is 0.0221. The first kappa shape index (κ1) is 15.6. The predicted molar refractivity (Wildman–Crippen MR) is 85.5 cm³/mol. The molecular weight excluding hydrogens is 266 g/mol. The van der Waals surface area contributed by atoms with Gasteiger partial charge in [-0.15, -0.1) is 0 Å². The van der Waals surface area contributed by atoms with Gasteiger partial charge in [0.2, 0.25) is 5.91 Å². The number of nitrogens with one attached hydrogen (secondary N) is 1. The van der Waals surface area contributed by atoms with Crippen LogP contribution in [0, 0.1) is 0 Å². The van der Waals surface area contributed by atoms with E-state index in [9.17, 15) is 4.79 Å². The Morgan fingerprint density at radius 3 is 2.90 bits per heavy atom. The van der Waals surface area contributed by atoms with Crippen LogP contribution in [0.5, 0.6) is 5.75 Å². The lowest BCUT2D eigenvalue weighted by atomic mass is 10.1. The lowest BCUT2D eigenvalue weighted by molar-refractivity contribution is -0.118. The molecule has 0 aromatic heterocycles. The molecule has 21 heavy (non-hydrogen) atoms. The molecule has 0 radical (unpaired) electrons. The summed E-state index contributed by atoms with van der Waals surface area (Å²) in [5.74, 6) is 0.602. The quantitative estimate of drug-likeness (QED) is 0.818. The maximum Gasteiger partial charge on any atom is 0.238 e. The third-order valence-electron chi connectivity index (χ3n) is 4.25. The molecule has 1 aliphatic heterocycles. The third kappa shape index (κ3) is 3.67. The molecule has 1 fully saturated rings. The molecule has 2 atom stereocenters. The molecule has 1 amide bonds. The topological polar surface area (TPSA) is 67.6 Å². The lowest BCUT2D eigenvalue weighted by Crippen LogP contribution is -2.40. The molecule has 2 rings (SSSR count). The van der Waals surface area contributed by atoms with Crippen LogP contribution in [-0.2, 0) is 4.79 Å². The number of carbonyl (C=O) groups is 1. The molecule has 0 saturated carbocycles. The summed E-state index contributed by atoms with van der Waals surface area (Å²) in [5, 5.41) is 2.91. The SMILES string of the molecule is CCC1CCC(C)N1CC(=O)Nc1cc(N)ccc1OC. The normalized spacial score (nSPS) is 22.2. The Morgan fingerprint density at radius 1 is 1.48 bits per heavy atom. The van der Waals surface area contributed by atoms with Gasteiger partial charge in [-0.3, -0.25) is 9.69 Å². The Bertz CT molecular complexity index is 504. The minimum Gasteiger partial charge on any atom is -0.495 e. The number of anilines is 2. The molecule has 1 heterocycles. The Kier molecular flexibility index (Phi) is 5.07. The zero-order valence-corrected chi connectivity index (χ0v) is 13.1. The first-order valence-electron chi connectivity index (χ1n) is 7.54. The number of methoxy groups -OCH3 is 1. The zero-order valence-electron chi connectivity index (χ0n) is 13.1. The number of nitrogen functional groups attached to an aromatic ring is 1. The number of ether oxygens (including phenoxy) is 1. The molecule has 0 aliphatic carbocycles. The minimum atomic E-state index is -0.0221. The van der Waals surface area contributed by atoms with E-state index in [4.69, 9.17) is 10.5 Å². The van der Waals surface area contributed by atoms with Crippen LogP contribution in [0.25, 0.3) is 0 Å². The van der Waals surface area contributed by atoms with Crippen LogP contribution < -0.4 is 15.8 Å². The summed E-state index contributed by atoms with van der Waals surface area (Å²) in [4.78, 5) is 14.6. The van der Waals surface area contributed by atoms with E-state index in [1.165, 1.54) is 6.42 Å². The largest absolute Gasteiger partial charge is 0.495 e. The standard InChI is InChI=1S/C16H25N3O2/c1-4-13-7-5-11(2)19(13)10-16(20)18-14-9-12(17)6-8-15(14)21-3/h6,8-9,11,13H,4-5,7,10,17H2,1-3H3,(H,18,20). The van der Waals surface area contributed by atoms with Crippen molar-refractivity contribution in [1.29, 1.82) is 0 Å². The molecule has 1 aliphatic rings. The molecule has 3 N–H and O–H groups in total. The van der Waals surface area contributed by atoms with Crippen molar-refractivity contribution in [2.24, 2.45) is 0 Å². The first-order valence-corrected chi connectivity index (χ1v) is 7.54. The molecule has 1 aromatic carbocycles. The average Bonchev–Trinajstić information content (AvgIpc) is 2.80. The van der Waals surface area contributed by atoms with Gasteiger partial charge in [-0.1, -0.05) is 6.92 Å². The number of nitrogens with two attached hydrogens (primary N) is 1. The van der Waals surface area contributed by atoms with E-state index >= 15 is 0 Å². The fourth-order valence-electron chi connectivity index (χ4n) is 3.03. The second-order valence-corrected chi connectivity index (χ2v) is 5.67. The fourth-order valence-corrected chi connectivity index (χ4v) is 3.03. The summed E-state index contributed by atoms with van der Waals surface area (Å²) in [7, 11) is 1.58. The summed E-state index contributed by atoms with van der Waals surface area (Å²) >= 11 is 0. The van der Waals surface area contributed by atoms with Crippen molar-refractivity contribution in [2.45, 2.75) is 45.2 Å². The van der Waals surface area contributed by atoms with Gasteiger partial charge in [0.25, 0.3) is 0 Å². The van der Waals surface area contributed by atoms with E-state index in [2.05, 4.69) is 24.1 Å². The van der Waals surface area contributed by atoms with Gasteiger partial charge in [0, 0.05) is 17.8 Å². The second-order valence-electron chi connectivity index (χ2n) is 5.67. The Hall–Kier alpha value is -1.75. The first-order chi connectivity index (χ1) is 10.0. The van der Waals surface area contributed by atoms with Crippen LogP contribution in [0.2, 0.25) is 0 Å². The summed E-state index contributed by atoms with van der Waals surface area (Å²) < 4.78 is 5.25. The van der Waals surface area contributed by atoms with Crippen molar-refractivity contribution >= 4 is 17.3 Å². The molecule has 0 spiro atoms. The number of carbonyl (C=O) groups excluding carboxylic acids is 1. The number of hydrogen-bond donors (Lipinski definition) is 2. The summed E-state index contributed by atoms with van der Waals surface area (Å²) in [5.41, 5.74) is 7.00. The van der Waals surface area contributed by atoms with Gasteiger partial charge in [0.05, 0.1) is 19.3 Å². The highest BCUT2D eigenvalue weighted by atomic mass is 16.5. The molecule has 0 bridgehead atoms. The van der Waals surface area contributed by atoms with Crippen LogP contribution in [0.3, 0.4) is 0 Å². The van der Waals surface area contributed by atoms with Crippen LogP contribution in [0.1, 0.15) is 33.1 Å². The van der Waals surface area contributed by atoms with E-state index in [0.29, 0.717) is 35.8 Å². The molecule has 1 aromatic rings. The molecule has 5 heteroatoms. The highest BCUT2D eigenvalue weighted by Gasteiger charge is 2.30. The van der Waals surface area contributed by atoms with Crippen molar-refractivity contribution in [3.63, 3.8) is 0 Å². The lowest BCUT2D eigenvalue weighted by Gasteiger charge is -2.27. The molecule has 1 saturated heterocycles.